The van der Waals surface area contributed by atoms with E-state index in [4.69, 9.17) is 5.11 Å². The third-order valence-electron chi connectivity index (χ3n) is 3.03. The molecular weight excluding hydrogens is 291 g/mol. The van der Waals surface area contributed by atoms with Gasteiger partial charge in [0.1, 0.15) is 5.82 Å². The zero-order valence-electron chi connectivity index (χ0n) is 12.5. The Morgan fingerprint density at radius 1 is 1.32 bits per heavy atom. The van der Waals surface area contributed by atoms with E-state index in [1.165, 1.54) is 19.1 Å². The van der Waals surface area contributed by atoms with E-state index in [1.807, 2.05) is 6.92 Å². The smallest absolute Gasteiger partial charge is 0.308 e. The van der Waals surface area contributed by atoms with Gasteiger partial charge >= 0.3 is 5.97 Å². The Balaban J connectivity index is 2.79. The number of nitrogens with one attached hydrogen (secondary N) is 2. The van der Waals surface area contributed by atoms with Crippen molar-refractivity contribution in [3.05, 3.63) is 29.6 Å². The molecule has 0 bridgehead atoms. The van der Waals surface area contributed by atoms with Gasteiger partial charge in [0.05, 0.1) is 11.5 Å². The minimum atomic E-state index is -1.00. The maximum Gasteiger partial charge on any atom is 0.308 e. The number of hydrogen-bond acceptors (Lipinski definition) is 3. The van der Waals surface area contributed by atoms with E-state index < -0.39 is 23.6 Å². The van der Waals surface area contributed by atoms with Crippen molar-refractivity contribution in [2.75, 3.05) is 11.9 Å². The molecule has 0 aliphatic heterocycles. The molecule has 0 saturated heterocycles. The van der Waals surface area contributed by atoms with Crippen LogP contribution in [0.1, 0.15) is 37.0 Å². The minimum Gasteiger partial charge on any atom is -0.481 e. The number of hydrogen-bond donors (Lipinski definition) is 3. The molecule has 1 aromatic rings. The van der Waals surface area contributed by atoms with E-state index in [0.29, 0.717) is 18.5 Å². The van der Waals surface area contributed by atoms with Crippen LogP contribution in [0.25, 0.3) is 0 Å². The van der Waals surface area contributed by atoms with Crippen LogP contribution in [0.4, 0.5) is 10.1 Å². The van der Waals surface area contributed by atoms with Gasteiger partial charge in [0.15, 0.2) is 0 Å². The molecule has 7 heteroatoms. The standard InChI is InChI=1S/C15H19FN2O4/c1-3-4-10(15(21)22)8-17-14(20)12-7-11(18-9(2)19)5-6-13(12)16/h5-7,10H,3-4,8H2,1-2H3,(H,17,20)(H,18,19)(H,21,22). The Labute approximate surface area is 127 Å². The first-order chi connectivity index (χ1) is 10.3. The van der Waals surface area contributed by atoms with Gasteiger partial charge in [-0.1, -0.05) is 13.3 Å². The third kappa shape index (κ3) is 5.16. The van der Waals surface area contributed by atoms with E-state index in [1.54, 1.807) is 0 Å². The van der Waals surface area contributed by atoms with E-state index in [-0.39, 0.29) is 18.0 Å². The van der Waals surface area contributed by atoms with Crippen molar-refractivity contribution >= 4 is 23.5 Å². The molecule has 0 saturated carbocycles. The Hall–Kier alpha value is -2.44. The fourth-order valence-corrected chi connectivity index (χ4v) is 1.95. The van der Waals surface area contributed by atoms with Crippen molar-refractivity contribution in [1.29, 1.82) is 0 Å². The second-order valence-electron chi connectivity index (χ2n) is 4.91. The first kappa shape index (κ1) is 17.6. The highest BCUT2D eigenvalue weighted by molar-refractivity contribution is 5.97. The lowest BCUT2D eigenvalue weighted by molar-refractivity contribution is -0.141. The van der Waals surface area contributed by atoms with Gasteiger partial charge < -0.3 is 15.7 Å². The molecule has 1 unspecified atom stereocenters. The number of carbonyl (C=O) groups is 3. The summed E-state index contributed by atoms with van der Waals surface area (Å²) in [7, 11) is 0. The maximum absolute atomic E-state index is 13.7. The predicted molar refractivity (Wildman–Crippen MR) is 79.1 cm³/mol. The average molecular weight is 310 g/mol. The van der Waals surface area contributed by atoms with Crippen LogP contribution in [0.3, 0.4) is 0 Å². The summed E-state index contributed by atoms with van der Waals surface area (Å²) in [4.78, 5) is 34.0. The Bertz CT molecular complexity index is 575. The SMILES string of the molecule is CCCC(CNC(=O)c1cc(NC(C)=O)ccc1F)C(=O)O. The molecule has 0 aromatic heterocycles. The number of benzene rings is 1. The van der Waals surface area contributed by atoms with Gasteiger partial charge in [-0.05, 0) is 24.6 Å². The Morgan fingerprint density at radius 3 is 2.55 bits per heavy atom. The molecule has 0 heterocycles. The van der Waals surface area contributed by atoms with Gasteiger partial charge in [-0.25, -0.2) is 4.39 Å². The molecule has 0 fully saturated rings. The zero-order chi connectivity index (χ0) is 16.7. The zero-order valence-corrected chi connectivity index (χ0v) is 12.5. The number of carboxylic acid groups (broad SMARTS) is 1. The monoisotopic (exact) mass is 310 g/mol. The molecule has 0 aliphatic rings. The number of carboxylic acids is 1. The molecule has 1 atom stereocenters. The lowest BCUT2D eigenvalue weighted by Gasteiger charge is -2.13. The Morgan fingerprint density at radius 2 is 2.00 bits per heavy atom. The largest absolute Gasteiger partial charge is 0.481 e. The van der Waals surface area contributed by atoms with Crippen LogP contribution >= 0.6 is 0 Å². The van der Waals surface area contributed by atoms with Crippen LogP contribution in [0.15, 0.2) is 18.2 Å². The van der Waals surface area contributed by atoms with Crippen molar-refractivity contribution in [3.8, 4) is 0 Å². The molecule has 0 spiro atoms. The van der Waals surface area contributed by atoms with Crippen LogP contribution in [-0.2, 0) is 9.59 Å². The summed E-state index contributed by atoms with van der Waals surface area (Å²) in [5.74, 6) is -3.52. The fraction of sp³-hybridized carbons (Fsp3) is 0.400. The highest BCUT2D eigenvalue weighted by atomic mass is 19.1. The quantitative estimate of drug-likeness (QED) is 0.718. The van der Waals surface area contributed by atoms with Crippen molar-refractivity contribution < 1.29 is 23.9 Å². The summed E-state index contributed by atoms with van der Waals surface area (Å²) in [5, 5.41) is 13.9. The minimum absolute atomic E-state index is 0.0776. The summed E-state index contributed by atoms with van der Waals surface area (Å²) >= 11 is 0. The number of rotatable bonds is 7. The van der Waals surface area contributed by atoms with Crippen LogP contribution in [0.2, 0.25) is 0 Å². The van der Waals surface area contributed by atoms with Gasteiger partial charge in [-0.3, -0.25) is 14.4 Å². The van der Waals surface area contributed by atoms with Crippen LogP contribution in [0.5, 0.6) is 0 Å². The maximum atomic E-state index is 13.7. The second-order valence-corrected chi connectivity index (χ2v) is 4.91. The van der Waals surface area contributed by atoms with E-state index in [0.717, 1.165) is 6.07 Å². The average Bonchev–Trinajstić information content (AvgIpc) is 2.44. The summed E-state index contributed by atoms with van der Waals surface area (Å²) in [6.07, 6.45) is 1.09. The fourth-order valence-electron chi connectivity index (χ4n) is 1.95. The lowest BCUT2D eigenvalue weighted by Crippen LogP contribution is -2.33. The molecule has 1 rings (SSSR count). The molecule has 2 amide bonds. The lowest BCUT2D eigenvalue weighted by atomic mass is 10.0. The molecule has 1 aromatic carbocycles. The predicted octanol–water partition coefficient (Wildman–Crippen LogP) is 2.01. The number of aliphatic carboxylic acids is 1. The van der Waals surface area contributed by atoms with Crippen molar-refractivity contribution in [1.82, 2.24) is 5.32 Å². The number of amides is 2. The summed E-state index contributed by atoms with van der Waals surface area (Å²) < 4.78 is 13.7. The van der Waals surface area contributed by atoms with Gasteiger partial charge in [0.25, 0.3) is 5.91 Å². The second kappa shape index (κ2) is 8.11. The van der Waals surface area contributed by atoms with Gasteiger partial charge in [0.2, 0.25) is 5.91 Å². The van der Waals surface area contributed by atoms with Gasteiger partial charge in [-0.15, -0.1) is 0 Å². The highest BCUT2D eigenvalue weighted by Gasteiger charge is 2.19. The number of anilines is 1. The number of carbonyl (C=O) groups excluding carboxylic acids is 2. The van der Waals surface area contributed by atoms with Gasteiger partial charge in [0, 0.05) is 19.2 Å². The van der Waals surface area contributed by atoms with Crippen LogP contribution < -0.4 is 10.6 Å². The van der Waals surface area contributed by atoms with Crippen molar-refractivity contribution in [2.45, 2.75) is 26.7 Å². The first-order valence-corrected chi connectivity index (χ1v) is 6.93. The number of halogens is 1. The van der Waals surface area contributed by atoms with Gasteiger partial charge in [-0.2, -0.15) is 0 Å². The molecule has 120 valence electrons. The third-order valence-corrected chi connectivity index (χ3v) is 3.03. The van der Waals surface area contributed by atoms with Crippen LogP contribution in [0, 0.1) is 11.7 Å². The normalized spacial score (nSPS) is 11.6. The summed E-state index contributed by atoms with van der Waals surface area (Å²) in [6, 6.07) is 3.62. The van der Waals surface area contributed by atoms with E-state index in [9.17, 15) is 18.8 Å². The molecule has 0 aliphatic carbocycles. The molecular formula is C15H19FN2O4. The first-order valence-electron chi connectivity index (χ1n) is 6.93. The summed E-state index contributed by atoms with van der Waals surface area (Å²) in [5.41, 5.74) is 0.0503. The Kier molecular flexibility index (Phi) is 6.49. The van der Waals surface area contributed by atoms with E-state index in [2.05, 4.69) is 10.6 Å². The van der Waals surface area contributed by atoms with E-state index >= 15 is 0 Å². The highest BCUT2D eigenvalue weighted by Crippen LogP contribution is 2.15. The van der Waals surface area contributed by atoms with Crippen molar-refractivity contribution in [2.24, 2.45) is 5.92 Å². The molecule has 22 heavy (non-hydrogen) atoms. The molecule has 3 N–H and O–H groups in total. The topological polar surface area (TPSA) is 95.5 Å². The van der Waals surface area contributed by atoms with Crippen LogP contribution in [-0.4, -0.2) is 29.4 Å². The van der Waals surface area contributed by atoms with Crippen molar-refractivity contribution in [3.63, 3.8) is 0 Å². The summed E-state index contributed by atoms with van der Waals surface area (Å²) in [6.45, 7) is 3.06. The molecule has 0 radical (unpaired) electrons. The molecule has 6 nitrogen and oxygen atoms in total.